The molecule has 7 nitrogen and oxygen atoms in total. The number of azo groups is 1. The molecule has 0 saturated carbocycles. The minimum Gasteiger partial charge on any atom is -0.369 e. The Bertz CT molecular complexity index is 1500. The van der Waals surface area contributed by atoms with Crippen molar-refractivity contribution in [1.82, 2.24) is 4.98 Å². The molecule has 0 fully saturated rings. The van der Waals surface area contributed by atoms with Gasteiger partial charge in [0.1, 0.15) is 0 Å². The standard InChI is InChI=1S/C25H24Cl2N4O3S2/c1-4-31(11-12-34-36(32,33)24-8-6-5-7-16(24)2)18-9-10-21(17(3)13-18)29-30-25-28-22-14-19(26)20(27)15-23(22)35-25/h5-10,13-15H,4,11-12H2,1-3H3. The molecule has 11 heteroatoms. The van der Waals surface area contributed by atoms with Crippen LogP contribution < -0.4 is 4.90 Å². The van der Waals surface area contributed by atoms with Gasteiger partial charge in [-0.3, -0.25) is 4.18 Å². The number of benzene rings is 3. The molecule has 36 heavy (non-hydrogen) atoms. The Labute approximate surface area is 224 Å². The molecule has 0 aliphatic rings. The number of fused-ring (bicyclic) bond motifs is 1. The predicted octanol–water partition coefficient (Wildman–Crippen LogP) is 7.87. The summed E-state index contributed by atoms with van der Waals surface area (Å²) in [6.07, 6.45) is 0. The van der Waals surface area contributed by atoms with Gasteiger partial charge in [-0.1, -0.05) is 52.7 Å². The van der Waals surface area contributed by atoms with Gasteiger partial charge in [0.2, 0.25) is 5.13 Å². The number of likely N-dealkylation sites (N-methyl/N-ethyl adjacent to an activating group) is 1. The van der Waals surface area contributed by atoms with Crippen LogP contribution in [0.1, 0.15) is 18.1 Å². The molecule has 0 aliphatic carbocycles. The lowest BCUT2D eigenvalue weighted by atomic mass is 10.1. The van der Waals surface area contributed by atoms with E-state index >= 15 is 0 Å². The van der Waals surface area contributed by atoms with E-state index < -0.39 is 10.1 Å². The van der Waals surface area contributed by atoms with Crippen molar-refractivity contribution in [2.75, 3.05) is 24.6 Å². The summed E-state index contributed by atoms with van der Waals surface area (Å²) in [7, 11) is -3.81. The quantitative estimate of drug-likeness (QED) is 0.153. The molecular formula is C25H24Cl2N4O3S2. The Morgan fingerprint density at radius 3 is 2.47 bits per heavy atom. The molecule has 0 spiro atoms. The smallest absolute Gasteiger partial charge is 0.297 e. The van der Waals surface area contributed by atoms with Gasteiger partial charge in [-0.05, 0) is 68.3 Å². The zero-order chi connectivity index (χ0) is 25.9. The number of aromatic nitrogens is 1. The number of rotatable bonds is 9. The molecule has 1 aromatic heterocycles. The van der Waals surface area contributed by atoms with Crippen LogP contribution in [0.15, 0.2) is 69.7 Å². The first kappa shape index (κ1) is 26.5. The highest BCUT2D eigenvalue weighted by molar-refractivity contribution is 7.86. The fourth-order valence-electron chi connectivity index (χ4n) is 3.63. The molecule has 0 N–H and O–H groups in total. The van der Waals surface area contributed by atoms with Gasteiger partial charge in [-0.15, -0.1) is 10.2 Å². The van der Waals surface area contributed by atoms with Crippen LogP contribution in [0.3, 0.4) is 0 Å². The number of nitrogens with zero attached hydrogens (tertiary/aromatic N) is 4. The summed E-state index contributed by atoms with van der Waals surface area (Å²) in [6, 6.07) is 16.1. The molecule has 4 rings (SSSR count). The third kappa shape index (κ3) is 6.04. The van der Waals surface area contributed by atoms with Crippen LogP contribution in [-0.2, 0) is 14.3 Å². The van der Waals surface area contributed by atoms with Gasteiger partial charge in [-0.2, -0.15) is 8.42 Å². The van der Waals surface area contributed by atoms with Crippen molar-refractivity contribution >= 4 is 71.4 Å². The maximum atomic E-state index is 12.6. The zero-order valence-corrected chi connectivity index (χ0v) is 23.0. The van der Waals surface area contributed by atoms with Crippen LogP contribution in [0.25, 0.3) is 10.2 Å². The van der Waals surface area contributed by atoms with Crippen LogP contribution in [0.4, 0.5) is 16.5 Å². The van der Waals surface area contributed by atoms with E-state index in [1.165, 1.54) is 11.3 Å². The first-order chi connectivity index (χ1) is 17.2. The fraction of sp³-hybridized carbons (Fsp3) is 0.240. The molecule has 0 saturated heterocycles. The number of halogens is 2. The SMILES string of the molecule is CCN(CCOS(=O)(=O)c1ccccc1C)c1ccc(N=Nc2nc3cc(Cl)c(Cl)cc3s2)c(C)c1. The lowest BCUT2D eigenvalue weighted by Gasteiger charge is -2.23. The summed E-state index contributed by atoms with van der Waals surface area (Å²) in [5.74, 6) is 0. The number of thiazole rings is 1. The average molecular weight is 564 g/mol. The van der Waals surface area contributed by atoms with E-state index in [4.69, 9.17) is 27.4 Å². The summed E-state index contributed by atoms with van der Waals surface area (Å²) < 4.78 is 31.3. The van der Waals surface area contributed by atoms with Gasteiger partial charge in [-0.25, -0.2) is 4.98 Å². The van der Waals surface area contributed by atoms with E-state index in [1.54, 1.807) is 43.3 Å². The Hall–Kier alpha value is -2.56. The third-order valence-electron chi connectivity index (χ3n) is 5.55. The van der Waals surface area contributed by atoms with Crippen molar-refractivity contribution in [2.45, 2.75) is 25.7 Å². The van der Waals surface area contributed by atoms with Crippen LogP contribution in [-0.4, -0.2) is 33.1 Å². The molecule has 0 unspecified atom stereocenters. The van der Waals surface area contributed by atoms with Gasteiger partial charge in [0.25, 0.3) is 10.1 Å². The average Bonchev–Trinajstić information content (AvgIpc) is 3.23. The largest absolute Gasteiger partial charge is 0.369 e. The second-order valence-electron chi connectivity index (χ2n) is 8.02. The molecule has 1 heterocycles. The van der Waals surface area contributed by atoms with Crippen molar-refractivity contribution in [3.8, 4) is 0 Å². The number of aryl methyl sites for hydroxylation is 2. The highest BCUT2D eigenvalue weighted by Gasteiger charge is 2.18. The molecule has 4 aromatic rings. The Balaban J connectivity index is 1.43. The van der Waals surface area contributed by atoms with Crippen LogP contribution in [0, 0.1) is 13.8 Å². The molecule has 0 amide bonds. The van der Waals surface area contributed by atoms with Gasteiger partial charge >= 0.3 is 0 Å². The Morgan fingerprint density at radius 2 is 1.75 bits per heavy atom. The molecule has 188 valence electrons. The molecular weight excluding hydrogens is 539 g/mol. The summed E-state index contributed by atoms with van der Waals surface area (Å²) in [5, 5.41) is 10.1. The maximum absolute atomic E-state index is 12.6. The molecule has 0 bridgehead atoms. The van der Waals surface area contributed by atoms with Gasteiger partial charge < -0.3 is 4.90 Å². The summed E-state index contributed by atoms with van der Waals surface area (Å²) >= 11 is 13.5. The van der Waals surface area contributed by atoms with Gasteiger partial charge in [0, 0.05) is 18.8 Å². The van der Waals surface area contributed by atoms with Crippen molar-refractivity contribution in [1.29, 1.82) is 0 Å². The van der Waals surface area contributed by atoms with E-state index in [0.29, 0.717) is 39.5 Å². The van der Waals surface area contributed by atoms with Crippen LogP contribution in [0.5, 0.6) is 0 Å². The molecule has 3 aromatic carbocycles. The minimum atomic E-state index is -3.81. The van der Waals surface area contributed by atoms with E-state index in [-0.39, 0.29) is 11.5 Å². The number of anilines is 1. The van der Waals surface area contributed by atoms with Crippen LogP contribution >= 0.6 is 34.5 Å². The highest BCUT2D eigenvalue weighted by Crippen LogP contribution is 2.35. The second kappa shape index (κ2) is 11.2. The van der Waals surface area contributed by atoms with Gasteiger partial charge in [0.15, 0.2) is 0 Å². The number of hydrogen-bond acceptors (Lipinski definition) is 8. The predicted molar refractivity (Wildman–Crippen MR) is 147 cm³/mol. The molecule has 0 radical (unpaired) electrons. The molecule has 0 aliphatic heterocycles. The summed E-state index contributed by atoms with van der Waals surface area (Å²) in [4.78, 5) is 6.68. The van der Waals surface area contributed by atoms with E-state index in [9.17, 15) is 8.42 Å². The van der Waals surface area contributed by atoms with Crippen molar-refractivity contribution in [3.63, 3.8) is 0 Å². The van der Waals surface area contributed by atoms with Crippen molar-refractivity contribution in [2.24, 2.45) is 10.2 Å². The molecule has 0 atom stereocenters. The zero-order valence-electron chi connectivity index (χ0n) is 19.9. The minimum absolute atomic E-state index is 0.0383. The number of hydrogen-bond donors (Lipinski definition) is 0. The van der Waals surface area contributed by atoms with E-state index in [0.717, 1.165) is 21.5 Å². The van der Waals surface area contributed by atoms with Crippen molar-refractivity contribution < 1.29 is 12.6 Å². The topological polar surface area (TPSA) is 84.2 Å². The Kier molecular flexibility index (Phi) is 8.27. The van der Waals surface area contributed by atoms with Crippen LogP contribution in [0.2, 0.25) is 10.0 Å². The van der Waals surface area contributed by atoms with E-state index in [1.807, 2.05) is 36.9 Å². The fourth-order valence-corrected chi connectivity index (χ4v) is 5.95. The Morgan fingerprint density at radius 1 is 1.00 bits per heavy atom. The third-order valence-corrected chi connectivity index (χ3v) is 8.65. The lowest BCUT2D eigenvalue weighted by Crippen LogP contribution is -2.28. The monoisotopic (exact) mass is 562 g/mol. The first-order valence-electron chi connectivity index (χ1n) is 11.2. The summed E-state index contributed by atoms with van der Waals surface area (Å²) in [5.41, 5.74) is 3.96. The maximum Gasteiger partial charge on any atom is 0.297 e. The normalized spacial score (nSPS) is 12.0. The van der Waals surface area contributed by atoms with Crippen molar-refractivity contribution in [3.05, 3.63) is 75.8 Å². The highest BCUT2D eigenvalue weighted by atomic mass is 35.5. The second-order valence-corrected chi connectivity index (χ2v) is 11.4. The van der Waals surface area contributed by atoms with Gasteiger partial charge in [0.05, 0.1) is 37.5 Å². The first-order valence-corrected chi connectivity index (χ1v) is 14.1. The van der Waals surface area contributed by atoms with E-state index in [2.05, 4.69) is 15.2 Å². The lowest BCUT2D eigenvalue weighted by molar-refractivity contribution is 0.324. The summed E-state index contributed by atoms with van der Waals surface area (Å²) in [6.45, 7) is 6.84.